The molecule has 5 fully saturated rings. The lowest BCUT2D eigenvalue weighted by atomic mass is 9.33. The van der Waals surface area contributed by atoms with Crippen molar-refractivity contribution in [2.45, 2.75) is 95.7 Å². The SMILES string of the molecule is Cc1c(CN2CCC(Nc3ncnc4sc(CC(F)(F)F)cc34)CC2)ccc2c1cc(C#N)n2CC12CC(NC(=O)CNC3CC3)(C1)[C@H]2C. The third kappa shape index (κ3) is 6.06. The number of halogens is 3. The molecule has 0 spiro atoms. The van der Waals surface area contributed by atoms with Crippen LogP contribution >= 0.6 is 11.3 Å². The molecule has 4 aliphatic carbocycles. The van der Waals surface area contributed by atoms with Crippen LogP contribution < -0.4 is 16.0 Å². The van der Waals surface area contributed by atoms with E-state index in [0.717, 1.165) is 86.9 Å². The minimum atomic E-state index is -4.26. The molecule has 4 aromatic rings. The zero-order valence-corrected chi connectivity index (χ0v) is 28.6. The van der Waals surface area contributed by atoms with Gasteiger partial charge in [0, 0.05) is 59.6 Å². The van der Waals surface area contributed by atoms with Crippen LogP contribution in [0.2, 0.25) is 0 Å². The molecule has 0 radical (unpaired) electrons. The summed E-state index contributed by atoms with van der Waals surface area (Å²) in [7, 11) is 0. The van der Waals surface area contributed by atoms with Crippen LogP contribution in [0.5, 0.6) is 0 Å². The first kappa shape index (κ1) is 32.5. The molecule has 4 heterocycles. The number of fused-ring (bicyclic) bond motifs is 2. The van der Waals surface area contributed by atoms with Gasteiger partial charge in [-0.2, -0.15) is 18.4 Å². The molecule has 258 valence electrons. The third-order valence-electron chi connectivity index (χ3n) is 11.7. The molecule has 1 saturated heterocycles. The Kier molecular flexibility index (Phi) is 7.92. The van der Waals surface area contributed by atoms with E-state index >= 15 is 0 Å². The number of hydrogen-bond acceptors (Lipinski definition) is 8. The van der Waals surface area contributed by atoms with Crippen molar-refractivity contribution >= 4 is 44.2 Å². The molecule has 1 aromatic carbocycles. The minimum Gasteiger partial charge on any atom is -0.367 e. The molecule has 9 rings (SSSR count). The summed E-state index contributed by atoms with van der Waals surface area (Å²) in [4.78, 5) is 24.4. The Hall–Kier alpha value is -3.73. The molecule has 2 bridgehead atoms. The van der Waals surface area contributed by atoms with Gasteiger partial charge in [0.05, 0.1) is 18.4 Å². The number of nitrogens with one attached hydrogen (secondary N) is 3. The van der Waals surface area contributed by atoms with Gasteiger partial charge in [0.25, 0.3) is 0 Å². The highest BCUT2D eigenvalue weighted by atomic mass is 32.1. The van der Waals surface area contributed by atoms with Crippen molar-refractivity contribution < 1.29 is 18.0 Å². The third-order valence-corrected chi connectivity index (χ3v) is 12.8. The first-order chi connectivity index (χ1) is 23.4. The fraction of sp³-hybridized carbons (Fsp3) is 0.556. The van der Waals surface area contributed by atoms with Crippen LogP contribution in [0.15, 0.2) is 30.6 Å². The Morgan fingerprint density at radius 1 is 1.10 bits per heavy atom. The number of anilines is 1. The summed E-state index contributed by atoms with van der Waals surface area (Å²) >= 11 is 1.07. The van der Waals surface area contributed by atoms with E-state index in [2.05, 4.69) is 67.4 Å². The van der Waals surface area contributed by atoms with Gasteiger partial charge in [-0.1, -0.05) is 13.0 Å². The molecule has 0 unspecified atom stereocenters. The topological polar surface area (TPSA) is 111 Å². The predicted octanol–water partition coefficient (Wildman–Crippen LogP) is 6.04. The Balaban J connectivity index is 0.893. The number of likely N-dealkylation sites (tertiary alicyclic amines) is 1. The van der Waals surface area contributed by atoms with Gasteiger partial charge in [-0.25, -0.2) is 9.97 Å². The van der Waals surface area contributed by atoms with Crippen molar-refractivity contribution in [2.24, 2.45) is 11.3 Å². The normalized spacial score (nSPS) is 25.6. The zero-order valence-electron chi connectivity index (χ0n) is 27.8. The van der Waals surface area contributed by atoms with E-state index in [9.17, 15) is 23.2 Å². The van der Waals surface area contributed by atoms with E-state index < -0.39 is 12.6 Å². The number of carbonyl (C=O) groups excluding carboxylic acids is 1. The summed E-state index contributed by atoms with van der Waals surface area (Å²) in [6, 6.07) is 11.1. The number of nitrogens with zero attached hydrogens (tertiary/aromatic N) is 5. The Morgan fingerprint density at radius 2 is 1.88 bits per heavy atom. The Bertz CT molecular complexity index is 1960. The number of thiophene rings is 1. The van der Waals surface area contributed by atoms with Crippen LogP contribution in [-0.4, -0.2) is 68.8 Å². The number of carbonyl (C=O) groups is 1. The lowest BCUT2D eigenvalue weighted by Gasteiger charge is -2.76. The number of hydrogen-bond donors (Lipinski definition) is 3. The number of aryl methyl sites for hydroxylation is 1. The van der Waals surface area contributed by atoms with E-state index in [4.69, 9.17) is 0 Å². The summed E-state index contributed by atoms with van der Waals surface area (Å²) in [5, 5.41) is 22.0. The molecule has 3 aromatic heterocycles. The summed E-state index contributed by atoms with van der Waals surface area (Å²) < 4.78 is 41.1. The average Bonchev–Trinajstić information content (AvgIpc) is 3.69. The van der Waals surface area contributed by atoms with Gasteiger partial charge in [0.15, 0.2) is 0 Å². The predicted molar refractivity (Wildman–Crippen MR) is 183 cm³/mol. The summed E-state index contributed by atoms with van der Waals surface area (Å²) in [5.41, 5.74) is 4.21. The summed E-state index contributed by atoms with van der Waals surface area (Å²) in [6.07, 6.45) is 2.21. The number of rotatable bonds is 11. The fourth-order valence-corrected chi connectivity index (χ4v) is 9.70. The van der Waals surface area contributed by atoms with Gasteiger partial charge in [-0.15, -0.1) is 11.3 Å². The zero-order chi connectivity index (χ0) is 34.1. The van der Waals surface area contributed by atoms with E-state index in [1.165, 1.54) is 17.5 Å². The first-order valence-corrected chi connectivity index (χ1v) is 18.1. The van der Waals surface area contributed by atoms with Gasteiger partial charge in [0.1, 0.15) is 28.7 Å². The van der Waals surface area contributed by atoms with E-state index in [1.807, 2.05) is 6.07 Å². The molecule has 1 atom stereocenters. The fourth-order valence-electron chi connectivity index (χ4n) is 8.68. The highest BCUT2D eigenvalue weighted by Crippen LogP contribution is 2.72. The minimum absolute atomic E-state index is 0.0896. The maximum Gasteiger partial charge on any atom is 0.393 e. The van der Waals surface area contributed by atoms with Crippen LogP contribution in [0.4, 0.5) is 19.0 Å². The summed E-state index contributed by atoms with van der Waals surface area (Å²) in [5.74, 6) is 1.05. The molecule has 13 heteroatoms. The smallest absolute Gasteiger partial charge is 0.367 e. The largest absolute Gasteiger partial charge is 0.393 e. The molecular formula is C36H41F3N8OS. The van der Waals surface area contributed by atoms with E-state index in [-0.39, 0.29) is 27.8 Å². The van der Waals surface area contributed by atoms with Gasteiger partial charge in [0.2, 0.25) is 5.91 Å². The van der Waals surface area contributed by atoms with Crippen molar-refractivity contribution in [3.8, 4) is 6.07 Å². The standard InChI is InChI=1S/C36H41F3N8OS/c1-21-23(16-46-9-7-25(8-10-46)44-32-29-12-27(13-36(37,38)39)49-33(29)43-20-42-32)3-6-30-28(21)11-26(14-40)47(30)19-34-17-35(18-34,22(34)2)45-31(48)15-41-24-4-5-24/h3,6,11-12,20,22,24-25,41H,4-5,7-10,13,15-19H2,1-2H3,(H,45,48)(H,42,43,44)/t22-,34?,35?/m0/s1. The quantitative estimate of drug-likeness (QED) is 0.176. The van der Waals surface area contributed by atoms with Crippen molar-refractivity contribution in [1.29, 1.82) is 5.26 Å². The lowest BCUT2D eigenvalue weighted by Crippen LogP contribution is -2.82. The van der Waals surface area contributed by atoms with E-state index in [1.54, 1.807) is 6.07 Å². The van der Waals surface area contributed by atoms with Crippen molar-refractivity contribution in [1.82, 2.24) is 30.1 Å². The molecule has 1 amide bonds. The van der Waals surface area contributed by atoms with E-state index in [0.29, 0.717) is 40.2 Å². The van der Waals surface area contributed by atoms with Crippen molar-refractivity contribution in [2.75, 3.05) is 25.0 Å². The number of piperidine rings is 1. The molecular weight excluding hydrogens is 650 g/mol. The monoisotopic (exact) mass is 690 g/mol. The van der Waals surface area contributed by atoms with Crippen LogP contribution in [-0.2, 0) is 24.3 Å². The van der Waals surface area contributed by atoms with Gasteiger partial charge in [-0.05, 0) is 86.1 Å². The number of alkyl halides is 3. The average molecular weight is 691 g/mol. The molecule has 3 N–H and O–H groups in total. The van der Waals surface area contributed by atoms with Crippen molar-refractivity contribution in [3.63, 3.8) is 0 Å². The molecule has 5 aliphatic rings. The second-order valence-electron chi connectivity index (χ2n) is 14.9. The lowest BCUT2D eigenvalue weighted by molar-refractivity contribution is -0.228. The number of aromatic nitrogens is 3. The Labute approximate surface area is 287 Å². The highest BCUT2D eigenvalue weighted by Gasteiger charge is 2.74. The van der Waals surface area contributed by atoms with Gasteiger partial charge < -0.3 is 20.5 Å². The highest BCUT2D eigenvalue weighted by molar-refractivity contribution is 7.18. The molecule has 49 heavy (non-hydrogen) atoms. The summed E-state index contributed by atoms with van der Waals surface area (Å²) in [6.45, 7) is 8.14. The second-order valence-corrected chi connectivity index (χ2v) is 16.1. The van der Waals surface area contributed by atoms with Crippen LogP contribution in [0.25, 0.3) is 21.1 Å². The molecule has 1 aliphatic heterocycles. The maximum absolute atomic E-state index is 13.0. The molecule has 4 saturated carbocycles. The maximum atomic E-state index is 13.0. The molecule has 9 nitrogen and oxygen atoms in total. The Morgan fingerprint density at radius 3 is 2.57 bits per heavy atom. The number of benzene rings is 1. The van der Waals surface area contributed by atoms with Crippen molar-refractivity contribution in [3.05, 3.63) is 52.3 Å². The van der Waals surface area contributed by atoms with Crippen LogP contribution in [0, 0.1) is 29.6 Å². The first-order valence-electron chi connectivity index (χ1n) is 17.3. The van der Waals surface area contributed by atoms with Crippen LogP contribution in [0.3, 0.4) is 0 Å². The number of amides is 1. The van der Waals surface area contributed by atoms with Gasteiger partial charge >= 0.3 is 6.18 Å². The number of nitriles is 1. The van der Waals surface area contributed by atoms with Crippen LogP contribution in [0.1, 0.15) is 67.1 Å². The van der Waals surface area contributed by atoms with Gasteiger partial charge in [-0.3, -0.25) is 9.69 Å². The second kappa shape index (κ2) is 12.0.